The summed E-state index contributed by atoms with van der Waals surface area (Å²) in [6.45, 7) is -0.456. The van der Waals surface area contributed by atoms with Gasteiger partial charge in [0.25, 0.3) is 0 Å². The first-order valence-corrected chi connectivity index (χ1v) is 12.1. The lowest BCUT2D eigenvalue weighted by atomic mass is 10.2. The molecular weight excluding hydrogens is 515 g/mol. The highest BCUT2D eigenvalue weighted by Gasteiger charge is 2.40. The minimum atomic E-state index is -1.08. The van der Waals surface area contributed by atoms with Gasteiger partial charge in [-0.25, -0.2) is 9.18 Å². The molecule has 1 aliphatic heterocycles. The smallest absolute Gasteiger partial charge is 0.341 e. The minimum Gasteiger partial charge on any atom is -0.508 e. The van der Waals surface area contributed by atoms with Crippen molar-refractivity contribution in [3.8, 4) is 11.5 Å². The largest absolute Gasteiger partial charge is 0.508 e. The van der Waals surface area contributed by atoms with Crippen LogP contribution in [0.3, 0.4) is 0 Å². The lowest BCUT2D eigenvalue weighted by Gasteiger charge is -2.16. The molecule has 12 heteroatoms. The van der Waals surface area contributed by atoms with E-state index in [1.54, 1.807) is 36.4 Å². The van der Waals surface area contributed by atoms with Crippen LogP contribution in [0.2, 0.25) is 0 Å². The number of thioether (sulfide) groups is 1. The SMILES string of the molecule is O=C(O)COc1ccc(/C=N/N=C2/SC(CC(=O)Nc3ccc(F)cc3)C(=O)N2c2ccc(O)cc2)cc1. The zero-order valence-electron chi connectivity index (χ0n) is 19.7. The van der Waals surface area contributed by atoms with Gasteiger partial charge in [0.05, 0.1) is 11.9 Å². The second-order valence-electron chi connectivity index (χ2n) is 7.93. The summed E-state index contributed by atoms with van der Waals surface area (Å²) in [5.41, 5.74) is 1.49. The number of ether oxygens (including phenoxy) is 1. The van der Waals surface area contributed by atoms with E-state index < -0.39 is 29.6 Å². The summed E-state index contributed by atoms with van der Waals surface area (Å²) in [5.74, 6) is -1.92. The molecule has 1 heterocycles. The minimum absolute atomic E-state index is 0.0237. The molecular formula is C26H21FN4O6S. The van der Waals surface area contributed by atoms with Gasteiger partial charge >= 0.3 is 5.97 Å². The highest BCUT2D eigenvalue weighted by molar-refractivity contribution is 8.16. The van der Waals surface area contributed by atoms with E-state index in [9.17, 15) is 23.9 Å². The van der Waals surface area contributed by atoms with E-state index >= 15 is 0 Å². The molecule has 0 bridgehead atoms. The third kappa shape index (κ3) is 6.95. The first-order valence-electron chi connectivity index (χ1n) is 11.2. The number of amides is 2. The molecule has 4 rings (SSSR count). The third-order valence-electron chi connectivity index (χ3n) is 5.13. The molecule has 194 valence electrons. The Kier molecular flexibility index (Phi) is 8.34. The van der Waals surface area contributed by atoms with E-state index in [-0.39, 0.29) is 23.2 Å². The zero-order valence-corrected chi connectivity index (χ0v) is 20.5. The van der Waals surface area contributed by atoms with Gasteiger partial charge in [-0.05, 0) is 78.4 Å². The van der Waals surface area contributed by atoms with Gasteiger partial charge in [0.15, 0.2) is 11.8 Å². The van der Waals surface area contributed by atoms with Crippen LogP contribution in [0.5, 0.6) is 11.5 Å². The summed E-state index contributed by atoms with van der Waals surface area (Å²) in [6, 6.07) is 17.7. The number of carbonyl (C=O) groups excluding carboxylic acids is 2. The molecule has 2 amide bonds. The third-order valence-corrected chi connectivity index (χ3v) is 6.26. The van der Waals surface area contributed by atoms with Gasteiger partial charge in [-0.3, -0.25) is 14.5 Å². The number of rotatable bonds is 9. The molecule has 10 nitrogen and oxygen atoms in total. The Morgan fingerprint density at radius 3 is 2.39 bits per heavy atom. The van der Waals surface area contributed by atoms with Crippen LogP contribution in [0.1, 0.15) is 12.0 Å². The predicted octanol–water partition coefficient (Wildman–Crippen LogP) is 3.86. The fraction of sp³-hybridized carbons (Fsp3) is 0.115. The second kappa shape index (κ2) is 12.0. The lowest BCUT2D eigenvalue weighted by Crippen LogP contribution is -2.33. The van der Waals surface area contributed by atoms with E-state index in [1.165, 1.54) is 47.5 Å². The van der Waals surface area contributed by atoms with E-state index in [2.05, 4.69) is 15.5 Å². The Balaban J connectivity index is 1.49. The van der Waals surface area contributed by atoms with Gasteiger partial charge < -0.3 is 20.3 Å². The van der Waals surface area contributed by atoms with Crippen molar-refractivity contribution in [1.82, 2.24) is 0 Å². The van der Waals surface area contributed by atoms with Crippen LogP contribution in [-0.2, 0) is 14.4 Å². The van der Waals surface area contributed by atoms with Crippen LogP contribution in [0.4, 0.5) is 15.8 Å². The Hall–Kier alpha value is -4.71. The van der Waals surface area contributed by atoms with Crippen molar-refractivity contribution < 1.29 is 33.7 Å². The molecule has 3 N–H and O–H groups in total. The standard InChI is InChI=1S/C26H21FN4O6S/c27-17-3-5-18(6-4-17)29-23(33)13-22-25(36)31(19-7-9-20(32)10-8-19)26(38-22)30-28-14-16-1-11-21(12-2-16)37-15-24(34)35/h1-12,14,22,32H,13,15H2,(H,29,33)(H,34,35)/b28-14+,30-26+. The van der Waals surface area contributed by atoms with E-state index in [1.807, 2.05) is 0 Å². The maximum Gasteiger partial charge on any atom is 0.341 e. The Morgan fingerprint density at radius 1 is 1.05 bits per heavy atom. The van der Waals surface area contributed by atoms with E-state index in [0.29, 0.717) is 22.7 Å². The summed E-state index contributed by atoms with van der Waals surface area (Å²) < 4.78 is 18.2. The van der Waals surface area contributed by atoms with Crippen LogP contribution in [0.25, 0.3) is 0 Å². The van der Waals surface area contributed by atoms with Crippen molar-refractivity contribution in [2.24, 2.45) is 10.2 Å². The first kappa shape index (κ1) is 26.4. The molecule has 1 saturated heterocycles. The number of hydrogen-bond donors (Lipinski definition) is 3. The highest BCUT2D eigenvalue weighted by atomic mass is 32.2. The van der Waals surface area contributed by atoms with Gasteiger partial charge in [0.2, 0.25) is 11.8 Å². The van der Waals surface area contributed by atoms with Gasteiger partial charge in [0.1, 0.15) is 22.6 Å². The number of carbonyl (C=O) groups is 3. The molecule has 1 atom stereocenters. The summed E-state index contributed by atoms with van der Waals surface area (Å²) in [4.78, 5) is 37.7. The number of nitrogens with zero attached hydrogens (tertiary/aromatic N) is 3. The highest BCUT2D eigenvalue weighted by Crippen LogP contribution is 2.34. The number of carboxylic acid groups (broad SMARTS) is 1. The summed E-state index contributed by atoms with van der Waals surface area (Å²) in [7, 11) is 0. The zero-order chi connectivity index (χ0) is 27.1. The number of phenolic OH excluding ortho intramolecular Hbond substituents is 1. The van der Waals surface area contributed by atoms with Crippen LogP contribution < -0.4 is 15.0 Å². The monoisotopic (exact) mass is 536 g/mol. The molecule has 3 aromatic carbocycles. The molecule has 1 fully saturated rings. The van der Waals surface area contributed by atoms with E-state index in [0.717, 1.165) is 11.8 Å². The maximum atomic E-state index is 13.2. The van der Waals surface area contributed by atoms with Gasteiger partial charge in [-0.15, -0.1) is 5.10 Å². The number of carboxylic acids is 1. The number of benzene rings is 3. The average Bonchev–Trinajstić information content (AvgIpc) is 3.19. The van der Waals surface area contributed by atoms with Gasteiger partial charge in [0, 0.05) is 12.1 Å². The molecule has 0 aromatic heterocycles. The van der Waals surface area contributed by atoms with Crippen molar-refractivity contribution >= 4 is 52.3 Å². The number of phenols is 1. The van der Waals surface area contributed by atoms with Crippen molar-refractivity contribution in [3.63, 3.8) is 0 Å². The molecule has 0 aliphatic carbocycles. The molecule has 1 unspecified atom stereocenters. The maximum absolute atomic E-state index is 13.2. The van der Waals surface area contributed by atoms with Crippen LogP contribution in [-0.4, -0.2) is 51.2 Å². The Labute approximate surface area is 220 Å². The van der Waals surface area contributed by atoms with Gasteiger partial charge in [-0.2, -0.15) is 5.10 Å². The topological polar surface area (TPSA) is 141 Å². The molecule has 0 radical (unpaired) electrons. The molecule has 1 aliphatic rings. The van der Waals surface area contributed by atoms with Crippen molar-refractivity contribution in [2.75, 3.05) is 16.8 Å². The van der Waals surface area contributed by atoms with Crippen molar-refractivity contribution in [3.05, 3.63) is 84.2 Å². The van der Waals surface area contributed by atoms with Crippen LogP contribution in [0, 0.1) is 5.82 Å². The van der Waals surface area contributed by atoms with E-state index in [4.69, 9.17) is 9.84 Å². The summed E-state index contributed by atoms with van der Waals surface area (Å²) >= 11 is 1.07. The number of aliphatic carboxylic acids is 1. The second-order valence-corrected chi connectivity index (χ2v) is 9.10. The number of anilines is 2. The molecule has 0 saturated carbocycles. The summed E-state index contributed by atoms with van der Waals surface area (Å²) in [6.07, 6.45) is 1.29. The Morgan fingerprint density at radius 2 is 1.74 bits per heavy atom. The normalized spacial score (nSPS) is 16.2. The molecule has 0 spiro atoms. The number of nitrogens with one attached hydrogen (secondary N) is 1. The fourth-order valence-corrected chi connectivity index (χ4v) is 4.45. The van der Waals surface area contributed by atoms with Crippen molar-refractivity contribution in [1.29, 1.82) is 0 Å². The number of amidine groups is 1. The molecule has 38 heavy (non-hydrogen) atoms. The molecule has 3 aromatic rings. The number of hydrogen-bond acceptors (Lipinski definition) is 8. The fourth-order valence-electron chi connectivity index (χ4n) is 3.36. The first-order chi connectivity index (χ1) is 18.3. The predicted molar refractivity (Wildman–Crippen MR) is 141 cm³/mol. The van der Waals surface area contributed by atoms with Gasteiger partial charge in [-0.1, -0.05) is 11.8 Å². The number of aromatic hydroxyl groups is 1. The Bertz CT molecular complexity index is 1380. The van der Waals surface area contributed by atoms with Crippen LogP contribution in [0.15, 0.2) is 83.0 Å². The average molecular weight is 537 g/mol. The lowest BCUT2D eigenvalue weighted by molar-refractivity contribution is -0.139. The number of halogens is 1. The quantitative estimate of drug-likeness (QED) is 0.279. The summed E-state index contributed by atoms with van der Waals surface area (Å²) in [5, 5.41) is 28.7. The van der Waals surface area contributed by atoms with Crippen LogP contribution >= 0.6 is 11.8 Å². The van der Waals surface area contributed by atoms with Crippen molar-refractivity contribution in [2.45, 2.75) is 11.7 Å².